The van der Waals surface area contributed by atoms with Gasteiger partial charge in [0.2, 0.25) is 11.8 Å². The molecule has 1 N–H and O–H groups in total. The van der Waals surface area contributed by atoms with Crippen LogP contribution in [0, 0.1) is 0 Å². The predicted molar refractivity (Wildman–Crippen MR) is 89.5 cm³/mol. The van der Waals surface area contributed by atoms with E-state index in [9.17, 15) is 9.59 Å². The summed E-state index contributed by atoms with van der Waals surface area (Å²) in [5, 5.41) is 3.49. The number of amides is 2. The smallest absolute Gasteiger partial charge is 0.243 e. The van der Waals surface area contributed by atoms with Gasteiger partial charge in [0.05, 0.1) is 6.61 Å². The van der Waals surface area contributed by atoms with Gasteiger partial charge in [-0.3, -0.25) is 9.59 Å². The molecular formula is C17H21ClN2O3. The van der Waals surface area contributed by atoms with Crippen molar-refractivity contribution in [2.24, 2.45) is 0 Å². The Hall–Kier alpha value is -2.01. The van der Waals surface area contributed by atoms with E-state index < -0.39 is 0 Å². The molecule has 5 nitrogen and oxygen atoms in total. The second-order valence-corrected chi connectivity index (χ2v) is 5.88. The molecule has 124 valence electrons. The zero-order chi connectivity index (χ0) is 16.7. The van der Waals surface area contributed by atoms with Gasteiger partial charge in [-0.05, 0) is 43.2 Å². The van der Waals surface area contributed by atoms with Gasteiger partial charge in [0.1, 0.15) is 5.75 Å². The minimum atomic E-state index is -0.194. The number of halogens is 1. The molecule has 1 fully saturated rings. The lowest BCUT2D eigenvalue weighted by Crippen LogP contribution is -2.37. The number of likely N-dealkylation sites (tertiary alicyclic amines) is 1. The number of nitrogens with one attached hydrogen (secondary N) is 1. The summed E-state index contributed by atoms with van der Waals surface area (Å²) in [4.78, 5) is 25.2. The molecule has 6 heteroatoms. The van der Waals surface area contributed by atoms with E-state index in [0.29, 0.717) is 37.6 Å². The fourth-order valence-electron chi connectivity index (χ4n) is 2.47. The lowest BCUT2D eigenvalue weighted by atomic mass is 10.2. The molecule has 0 unspecified atom stereocenters. The zero-order valence-electron chi connectivity index (χ0n) is 13.0. The number of carbonyl (C=O) groups excluding carboxylic acids is 2. The van der Waals surface area contributed by atoms with Crippen molar-refractivity contribution in [2.45, 2.75) is 25.3 Å². The van der Waals surface area contributed by atoms with E-state index in [0.717, 1.165) is 12.2 Å². The van der Waals surface area contributed by atoms with E-state index >= 15 is 0 Å². The third-order valence-corrected chi connectivity index (χ3v) is 3.94. The maximum Gasteiger partial charge on any atom is 0.243 e. The average Bonchev–Trinajstić information content (AvgIpc) is 3.01. The van der Waals surface area contributed by atoms with Gasteiger partial charge in [-0.2, -0.15) is 0 Å². The van der Waals surface area contributed by atoms with Crippen LogP contribution in [0.5, 0.6) is 5.75 Å². The molecule has 0 aromatic heterocycles. The van der Waals surface area contributed by atoms with E-state index in [-0.39, 0.29) is 17.9 Å². The highest BCUT2D eigenvalue weighted by Crippen LogP contribution is 2.16. The molecule has 0 saturated carbocycles. The Morgan fingerprint density at radius 2 is 2.13 bits per heavy atom. The van der Waals surface area contributed by atoms with Gasteiger partial charge in [-0.15, -0.1) is 0 Å². The molecule has 1 aliphatic heterocycles. The van der Waals surface area contributed by atoms with Crippen LogP contribution in [0.1, 0.15) is 19.3 Å². The second kappa shape index (κ2) is 8.58. The Kier molecular flexibility index (Phi) is 6.47. The van der Waals surface area contributed by atoms with Crippen molar-refractivity contribution in [3.63, 3.8) is 0 Å². The average molecular weight is 337 g/mol. The number of benzene rings is 1. The Morgan fingerprint density at radius 1 is 1.39 bits per heavy atom. The van der Waals surface area contributed by atoms with Crippen LogP contribution in [0.2, 0.25) is 5.02 Å². The van der Waals surface area contributed by atoms with Gasteiger partial charge in [0, 0.05) is 30.6 Å². The van der Waals surface area contributed by atoms with E-state index in [1.165, 1.54) is 6.08 Å². The highest BCUT2D eigenvalue weighted by Gasteiger charge is 2.26. The van der Waals surface area contributed by atoms with Crippen molar-refractivity contribution < 1.29 is 14.3 Å². The Labute approximate surface area is 141 Å². The van der Waals surface area contributed by atoms with Crippen molar-refractivity contribution in [3.05, 3.63) is 41.9 Å². The first-order valence-corrected chi connectivity index (χ1v) is 8.05. The summed E-state index contributed by atoms with van der Waals surface area (Å²) in [5.41, 5.74) is 0. The minimum absolute atomic E-state index is 0.0229. The van der Waals surface area contributed by atoms with E-state index in [2.05, 4.69) is 11.9 Å². The second-order valence-electron chi connectivity index (χ2n) is 5.44. The fourth-order valence-corrected chi connectivity index (χ4v) is 2.59. The summed E-state index contributed by atoms with van der Waals surface area (Å²) in [6.45, 7) is 5.15. The molecule has 0 spiro atoms. The lowest BCUT2D eigenvalue weighted by Gasteiger charge is -2.17. The summed E-state index contributed by atoms with van der Waals surface area (Å²) < 4.78 is 5.56. The summed E-state index contributed by atoms with van der Waals surface area (Å²) in [7, 11) is 0. The van der Waals surface area contributed by atoms with Crippen LogP contribution in [0.15, 0.2) is 36.9 Å². The Morgan fingerprint density at radius 3 is 2.83 bits per heavy atom. The molecule has 1 saturated heterocycles. The summed E-state index contributed by atoms with van der Waals surface area (Å²) in [5.74, 6) is 0.649. The van der Waals surface area contributed by atoms with Crippen LogP contribution in [0.25, 0.3) is 0 Å². The van der Waals surface area contributed by atoms with Crippen LogP contribution in [0.3, 0.4) is 0 Å². The molecule has 1 aromatic carbocycles. The van der Waals surface area contributed by atoms with E-state index in [1.807, 2.05) is 0 Å². The van der Waals surface area contributed by atoms with Crippen molar-refractivity contribution in [3.8, 4) is 5.75 Å². The third-order valence-electron chi connectivity index (χ3n) is 3.69. The molecule has 23 heavy (non-hydrogen) atoms. The first kappa shape index (κ1) is 17.3. The van der Waals surface area contributed by atoms with Crippen LogP contribution < -0.4 is 10.1 Å². The number of nitrogens with zero attached hydrogens (tertiary/aromatic N) is 1. The number of hydrogen-bond acceptors (Lipinski definition) is 3. The van der Waals surface area contributed by atoms with Gasteiger partial charge in [0.15, 0.2) is 0 Å². The molecule has 1 atom stereocenters. The van der Waals surface area contributed by atoms with Crippen molar-refractivity contribution in [2.75, 3.05) is 19.7 Å². The molecule has 1 aromatic rings. The normalized spacial score (nSPS) is 16.9. The van der Waals surface area contributed by atoms with E-state index in [4.69, 9.17) is 16.3 Å². The number of carbonyl (C=O) groups is 2. The predicted octanol–water partition coefficient (Wildman–Crippen LogP) is 2.40. The summed E-state index contributed by atoms with van der Waals surface area (Å²) >= 11 is 5.80. The standard InChI is InChI=1S/C17H21ClN2O3/c1-2-16(21)19-14-9-10-20(12-14)17(22)4-3-11-23-15-7-5-13(18)6-8-15/h2,5-8,14H,1,3-4,9-12H2,(H,19,21)/t14-/m0/s1. The molecule has 0 aliphatic carbocycles. The summed E-state index contributed by atoms with van der Waals surface area (Å²) in [6.07, 6.45) is 3.13. The quantitative estimate of drug-likeness (QED) is 0.614. The van der Waals surface area contributed by atoms with Crippen molar-refractivity contribution in [1.29, 1.82) is 0 Å². The number of hydrogen-bond donors (Lipinski definition) is 1. The molecular weight excluding hydrogens is 316 g/mol. The molecule has 2 amide bonds. The summed E-state index contributed by atoms with van der Waals surface area (Å²) in [6, 6.07) is 7.16. The minimum Gasteiger partial charge on any atom is -0.494 e. The highest BCUT2D eigenvalue weighted by molar-refractivity contribution is 6.30. The van der Waals surface area contributed by atoms with Gasteiger partial charge in [-0.1, -0.05) is 18.2 Å². The Balaban J connectivity index is 1.64. The molecule has 2 rings (SSSR count). The van der Waals surface area contributed by atoms with Gasteiger partial charge >= 0.3 is 0 Å². The third kappa shape index (κ3) is 5.60. The first-order valence-electron chi connectivity index (χ1n) is 7.67. The topological polar surface area (TPSA) is 58.6 Å². The van der Waals surface area contributed by atoms with Crippen LogP contribution >= 0.6 is 11.6 Å². The number of rotatable bonds is 7. The van der Waals surface area contributed by atoms with Gasteiger partial charge in [0.25, 0.3) is 0 Å². The molecule has 1 heterocycles. The molecule has 0 bridgehead atoms. The number of ether oxygens (including phenoxy) is 1. The molecule has 1 aliphatic rings. The maximum absolute atomic E-state index is 12.1. The van der Waals surface area contributed by atoms with Crippen LogP contribution in [0.4, 0.5) is 0 Å². The maximum atomic E-state index is 12.1. The zero-order valence-corrected chi connectivity index (χ0v) is 13.7. The fraction of sp³-hybridized carbons (Fsp3) is 0.412. The Bertz CT molecular complexity index is 559. The van der Waals surface area contributed by atoms with E-state index in [1.54, 1.807) is 29.2 Å². The SMILES string of the molecule is C=CC(=O)N[C@H]1CCN(C(=O)CCCOc2ccc(Cl)cc2)C1. The van der Waals surface area contributed by atoms with Crippen molar-refractivity contribution >= 4 is 23.4 Å². The van der Waals surface area contributed by atoms with Gasteiger partial charge in [-0.25, -0.2) is 0 Å². The first-order chi connectivity index (χ1) is 11.1. The van der Waals surface area contributed by atoms with Crippen LogP contribution in [-0.4, -0.2) is 42.5 Å². The lowest BCUT2D eigenvalue weighted by molar-refractivity contribution is -0.130. The van der Waals surface area contributed by atoms with Crippen LogP contribution in [-0.2, 0) is 9.59 Å². The largest absolute Gasteiger partial charge is 0.494 e. The van der Waals surface area contributed by atoms with Crippen molar-refractivity contribution in [1.82, 2.24) is 10.2 Å². The van der Waals surface area contributed by atoms with Gasteiger partial charge < -0.3 is 15.0 Å². The monoisotopic (exact) mass is 336 g/mol. The molecule has 0 radical (unpaired) electrons. The highest BCUT2D eigenvalue weighted by atomic mass is 35.5.